The molecule has 1 aromatic carbocycles. The fourth-order valence-electron chi connectivity index (χ4n) is 3.47. The number of pyridine rings is 1. The highest BCUT2D eigenvalue weighted by Crippen LogP contribution is 2.33. The van der Waals surface area contributed by atoms with E-state index >= 15 is 0 Å². The molecule has 2 aromatic heterocycles. The van der Waals surface area contributed by atoms with Crippen LogP contribution in [0.1, 0.15) is 19.3 Å². The second kappa shape index (κ2) is 6.96. The maximum atomic E-state index is 11.8. The van der Waals surface area contributed by atoms with Gasteiger partial charge in [0.1, 0.15) is 17.3 Å². The SMILES string of the molecule is O=S1CCCN(c2cc(-c3n[nH]c4ccc(OC5CC5)cc34)ccn2)CC1. The number of anilines is 1. The molecule has 1 N–H and O–H groups in total. The van der Waals surface area contributed by atoms with Gasteiger partial charge in [0.25, 0.3) is 0 Å². The molecule has 140 valence electrons. The van der Waals surface area contributed by atoms with Gasteiger partial charge < -0.3 is 9.64 Å². The standard InChI is InChI=1S/C20H22N4O2S/c25-27-10-1-8-24(9-11-27)19-12-14(6-7-21-19)20-17-13-16(26-15-2-3-15)4-5-18(17)22-23-20/h4-7,12-13,15H,1-3,8-11H2,(H,22,23). The zero-order chi connectivity index (χ0) is 18.2. The molecule has 1 saturated heterocycles. The Bertz CT molecular complexity index is 999. The Morgan fingerprint density at radius 1 is 1.15 bits per heavy atom. The molecule has 0 bridgehead atoms. The summed E-state index contributed by atoms with van der Waals surface area (Å²) < 4.78 is 17.8. The number of benzene rings is 1. The lowest BCUT2D eigenvalue weighted by molar-refractivity contribution is 0.303. The minimum atomic E-state index is -0.709. The second-order valence-corrected chi connectivity index (χ2v) is 8.88. The van der Waals surface area contributed by atoms with Crippen molar-refractivity contribution >= 4 is 27.5 Å². The van der Waals surface area contributed by atoms with E-state index in [0.29, 0.717) is 11.9 Å². The van der Waals surface area contributed by atoms with Gasteiger partial charge in [-0.25, -0.2) is 4.98 Å². The van der Waals surface area contributed by atoms with Crippen LogP contribution in [0, 0.1) is 0 Å². The summed E-state index contributed by atoms with van der Waals surface area (Å²) >= 11 is 0. The van der Waals surface area contributed by atoms with Gasteiger partial charge in [-0.1, -0.05) is 0 Å². The highest BCUT2D eigenvalue weighted by molar-refractivity contribution is 7.85. The summed E-state index contributed by atoms with van der Waals surface area (Å²) in [6, 6.07) is 10.2. The van der Waals surface area contributed by atoms with Crippen molar-refractivity contribution < 1.29 is 8.95 Å². The third kappa shape index (κ3) is 3.56. The van der Waals surface area contributed by atoms with E-state index in [-0.39, 0.29) is 0 Å². The number of hydrogen-bond donors (Lipinski definition) is 1. The zero-order valence-electron chi connectivity index (χ0n) is 15.1. The molecule has 2 fully saturated rings. The van der Waals surface area contributed by atoms with Gasteiger partial charge in [0, 0.05) is 52.5 Å². The van der Waals surface area contributed by atoms with E-state index in [2.05, 4.69) is 32.2 Å². The Kier molecular flexibility index (Phi) is 4.32. The van der Waals surface area contributed by atoms with Crippen LogP contribution >= 0.6 is 0 Å². The maximum Gasteiger partial charge on any atom is 0.129 e. The smallest absolute Gasteiger partial charge is 0.129 e. The van der Waals surface area contributed by atoms with E-state index in [1.165, 1.54) is 0 Å². The van der Waals surface area contributed by atoms with Crippen molar-refractivity contribution in [3.05, 3.63) is 36.5 Å². The molecule has 0 amide bonds. The van der Waals surface area contributed by atoms with Crippen LogP contribution in [-0.4, -0.2) is 50.1 Å². The third-order valence-electron chi connectivity index (χ3n) is 5.09. The van der Waals surface area contributed by atoms with E-state index in [0.717, 1.165) is 71.8 Å². The summed E-state index contributed by atoms with van der Waals surface area (Å²) in [5.74, 6) is 3.31. The first-order valence-corrected chi connectivity index (χ1v) is 11.0. The van der Waals surface area contributed by atoms with E-state index in [1.54, 1.807) is 0 Å². The van der Waals surface area contributed by atoms with Gasteiger partial charge in [-0.05, 0) is 49.6 Å². The maximum absolute atomic E-state index is 11.8. The van der Waals surface area contributed by atoms with E-state index < -0.39 is 10.8 Å². The predicted molar refractivity (Wildman–Crippen MR) is 108 cm³/mol. The predicted octanol–water partition coefficient (Wildman–Crippen LogP) is 3.12. The average molecular weight is 382 g/mol. The fourth-order valence-corrected chi connectivity index (χ4v) is 4.55. The molecule has 3 aromatic rings. The van der Waals surface area contributed by atoms with Crippen molar-refractivity contribution in [2.24, 2.45) is 0 Å². The molecule has 2 aliphatic rings. The van der Waals surface area contributed by atoms with Crippen LogP contribution in [0.4, 0.5) is 5.82 Å². The van der Waals surface area contributed by atoms with Crippen molar-refractivity contribution in [1.29, 1.82) is 0 Å². The van der Waals surface area contributed by atoms with Gasteiger partial charge in [0.15, 0.2) is 0 Å². The fraction of sp³-hybridized carbons (Fsp3) is 0.400. The van der Waals surface area contributed by atoms with Crippen LogP contribution in [0.3, 0.4) is 0 Å². The minimum absolute atomic E-state index is 0.374. The van der Waals surface area contributed by atoms with Gasteiger partial charge in [0.2, 0.25) is 0 Å². The molecule has 1 aliphatic heterocycles. The normalized spacial score (nSPS) is 20.6. The number of fused-ring (bicyclic) bond motifs is 1. The van der Waals surface area contributed by atoms with Gasteiger partial charge in [0.05, 0.1) is 11.6 Å². The van der Waals surface area contributed by atoms with Crippen molar-refractivity contribution in [1.82, 2.24) is 15.2 Å². The highest BCUT2D eigenvalue weighted by Gasteiger charge is 2.24. The van der Waals surface area contributed by atoms with Crippen molar-refractivity contribution in [3.8, 4) is 17.0 Å². The van der Waals surface area contributed by atoms with E-state index in [4.69, 9.17) is 4.74 Å². The van der Waals surface area contributed by atoms with Crippen LogP contribution < -0.4 is 9.64 Å². The molecule has 5 rings (SSSR count). The molecule has 1 atom stereocenters. The molecule has 1 saturated carbocycles. The average Bonchev–Trinajstić information content (AvgIpc) is 3.44. The largest absolute Gasteiger partial charge is 0.490 e. The first kappa shape index (κ1) is 16.7. The Hall–Kier alpha value is -2.41. The summed E-state index contributed by atoms with van der Waals surface area (Å²) in [4.78, 5) is 6.78. The number of ether oxygens (including phenoxy) is 1. The Morgan fingerprint density at radius 3 is 2.96 bits per heavy atom. The molecule has 0 radical (unpaired) electrons. The summed E-state index contributed by atoms with van der Waals surface area (Å²) in [5.41, 5.74) is 2.94. The molecule has 27 heavy (non-hydrogen) atoms. The monoisotopic (exact) mass is 382 g/mol. The van der Waals surface area contributed by atoms with Crippen LogP contribution in [-0.2, 0) is 10.8 Å². The number of rotatable bonds is 4. The Labute approximate surface area is 160 Å². The minimum Gasteiger partial charge on any atom is -0.490 e. The topological polar surface area (TPSA) is 71.1 Å². The number of nitrogens with zero attached hydrogens (tertiary/aromatic N) is 3. The summed E-state index contributed by atoms with van der Waals surface area (Å²) in [7, 11) is -0.709. The quantitative estimate of drug-likeness (QED) is 0.751. The van der Waals surface area contributed by atoms with Crippen LogP contribution in [0.5, 0.6) is 5.75 Å². The van der Waals surface area contributed by atoms with Gasteiger partial charge in [-0.2, -0.15) is 5.10 Å². The number of aromatic amines is 1. The lowest BCUT2D eigenvalue weighted by Gasteiger charge is -2.21. The van der Waals surface area contributed by atoms with E-state index in [1.807, 2.05) is 24.4 Å². The summed E-state index contributed by atoms with van der Waals surface area (Å²) in [6.07, 6.45) is 5.43. The number of aromatic nitrogens is 3. The molecular weight excluding hydrogens is 360 g/mol. The zero-order valence-corrected chi connectivity index (χ0v) is 15.9. The van der Waals surface area contributed by atoms with Crippen LogP contribution in [0.2, 0.25) is 0 Å². The van der Waals surface area contributed by atoms with Gasteiger partial charge in [-0.15, -0.1) is 0 Å². The molecule has 3 heterocycles. The van der Waals surface area contributed by atoms with Crippen LogP contribution in [0.15, 0.2) is 36.5 Å². The molecule has 7 heteroatoms. The molecule has 6 nitrogen and oxygen atoms in total. The number of hydrogen-bond acceptors (Lipinski definition) is 5. The van der Waals surface area contributed by atoms with Gasteiger partial charge in [-0.3, -0.25) is 9.31 Å². The first-order valence-electron chi connectivity index (χ1n) is 9.47. The van der Waals surface area contributed by atoms with Crippen molar-refractivity contribution in [2.45, 2.75) is 25.4 Å². The number of nitrogens with one attached hydrogen (secondary N) is 1. The molecule has 0 spiro atoms. The Morgan fingerprint density at radius 2 is 2.07 bits per heavy atom. The lowest BCUT2D eigenvalue weighted by atomic mass is 10.1. The summed E-state index contributed by atoms with van der Waals surface area (Å²) in [6.45, 7) is 1.67. The third-order valence-corrected chi connectivity index (χ3v) is 6.48. The van der Waals surface area contributed by atoms with Crippen LogP contribution in [0.25, 0.3) is 22.2 Å². The molecule has 1 unspecified atom stereocenters. The lowest BCUT2D eigenvalue weighted by Crippen LogP contribution is -2.26. The highest BCUT2D eigenvalue weighted by atomic mass is 32.2. The molecular formula is C20H22N4O2S. The molecule has 1 aliphatic carbocycles. The van der Waals surface area contributed by atoms with Crippen molar-refractivity contribution in [2.75, 3.05) is 29.5 Å². The van der Waals surface area contributed by atoms with Gasteiger partial charge >= 0.3 is 0 Å². The van der Waals surface area contributed by atoms with E-state index in [9.17, 15) is 4.21 Å². The number of H-pyrrole nitrogens is 1. The Balaban J connectivity index is 1.48. The van der Waals surface area contributed by atoms with Crippen molar-refractivity contribution in [3.63, 3.8) is 0 Å². The summed E-state index contributed by atoms with van der Waals surface area (Å²) in [5, 5.41) is 8.72. The first-order chi connectivity index (χ1) is 13.3. The second-order valence-electron chi connectivity index (χ2n) is 7.19.